The predicted octanol–water partition coefficient (Wildman–Crippen LogP) is 3.73. The van der Waals surface area contributed by atoms with Gasteiger partial charge in [-0.15, -0.1) is 0 Å². The maximum absolute atomic E-state index is 12.3. The molecule has 1 amide bonds. The first-order valence-corrected chi connectivity index (χ1v) is 13.1. The van der Waals surface area contributed by atoms with E-state index in [9.17, 15) is 13.2 Å². The lowest BCUT2D eigenvalue weighted by atomic mass is 10.0. The normalized spacial score (nSPS) is 19.1. The molecule has 0 aliphatic carbocycles. The van der Waals surface area contributed by atoms with E-state index in [-0.39, 0.29) is 31.3 Å². The molecule has 36 heavy (non-hydrogen) atoms. The number of nitrogens with zero attached hydrogens (tertiary/aromatic N) is 3. The fourth-order valence-corrected chi connectivity index (χ4v) is 4.54. The highest BCUT2D eigenvalue weighted by atomic mass is 32.3. The minimum absolute atomic E-state index is 0.0327. The van der Waals surface area contributed by atoms with E-state index in [1.165, 1.54) is 6.33 Å². The molecule has 1 aromatic heterocycles. The van der Waals surface area contributed by atoms with Crippen molar-refractivity contribution in [2.45, 2.75) is 58.2 Å². The molecule has 2 aliphatic rings. The summed E-state index contributed by atoms with van der Waals surface area (Å²) in [4.78, 5) is 22.5. The van der Waals surface area contributed by atoms with Crippen LogP contribution in [0.2, 0.25) is 0 Å². The second-order valence-corrected chi connectivity index (χ2v) is 11.0. The van der Waals surface area contributed by atoms with Gasteiger partial charge in [-0.2, -0.15) is 8.42 Å². The molecule has 11 nitrogen and oxygen atoms in total. The molecule has 0 radical (unpaired) electrons. The first kappa shape index (κ1) is 26.1. The Bertz CT molecular complexity index is 1160. The zero-order valence-corrected chi connectivity index (χ0v) is 21.6. The number of benzene rings is 1. The third kappa shape index (κ3) is 6.83. The van der Waals surface area contributed by atoms with Crippen LogP contribution in [0.25, 0.3) is 0 Å². The lowest BCUT2D eigenvalue weighted by molar-refractivity contribution is 0.0122. The molecule has 2 fully saturated rings. The lowest BCUT2D eigenvalue weighted by Gasteiger charge is -2.33. The van der Waals surface area contributed by atoms with Crippen molar-refractivity contribution in [1.29, 1.82) is 0 Å². The molecule has 0 unspecified atom stereocenters. The lowest BCUT2D eigenvalue weighted by Crippen LogP contribution is -2.44. The van der Waals surface area contributed by atoms with Crippen molar-refractivity contribution < 1.29 is 35.8 Å². The van der Waals surface area contributed by atoms with Crippen LogP contribution >= 0.6 is 0 Å². The maximum atomic E-state index is 12.3. The quantitative estimate of drug-likeness (QED) is 0.574. The van der Waals surface area contributed by atoms with Gasteiger partial charge in [-0.05, 0) is 45.4 Å². The van der Waals surface area contributed by atoms with Gasteiger partial charge < -0.3 is 19.1 Å². The highest BCUT2D eigenvalue weighted by Gasteiger charge is 2.29. The molecule has 4 rings (SSSR count). The van der Waals surface area contributed by atoms with E-state index in [2.05, 4.69) is 9.97 Å². The van der Waals surface area contributed by atoms with Crippen LogP contribution in [0.1, 0.15) is 50.7 Å². The van der Waals surface area contributed by atoms with Gasteiger partial charge in [0.25, 0.3) is 0 Å². The van der Waals surface area contributed by atoms with E-state index >= 15 is 0 Å². The number of piperidine rings is 1. The van der Waals surface area contributed by atoms with Crippen molar-refractivity contribution >= 4 is 16.5 Å². The van der Waals surface area contributed by atoms with E-state index in [4.69, 9.17) is 22.6 Å². The number of carbonyl (C=O) groups is 1. The van der Waals surface area contributed by atoms with Gasteiger partial charge in [0.15, 0.2) is 0 Å². The minimum Gasteiger partial charge on any atom is -0.474 e. The molecule has 196 valence electrons. The standard InChI is InChI=1S/C24H31N3O8S/c1-16-21(33-19-7-5-17(6-8-19)18-13-31-36(29,30)32-14-18)25-15-26-22(16)34-20-9-11-27(12-10-20)23(28)35-24(2,3)4/h5-8,15,18,20H,9-14H2,1-4H3. The highest BCUT2D eigenvalue weighted by molar-refractivity contribution is 7.81. The fourth-order valence-electron chi connectivity index (χ4n) is 3.81. The van der Waals surface area contributed by atoms with Crippen LogP contribution in [0, 0.1) is 6.92 Å². The number of carbonyl (C=O) groups excluding carboxylic acids is 1. The summed E-state index contributed by atoms with van der Waals surface area (Å²) in [7, 11) is -3.88. The van der Waals surface area contributed by atoms with Crippen molar-refractivity contribution in [3.05, 3.63) is 41.7 Å². The van der Waals surface area contributed by atoms with Gasteiger partial charge in [0.2, 0.25) is 11.8 Å². The van der Waals surface area contributed by atoms with Crippen LogP contribution in [0.5, 0.6) is 17.5 Å². The first-order valence-electron chi connectivity index (χ1n) is 11.8. The summed E-state index contributed by atoms with van der Waals surface area (Å²) in [5.74, 6) is 1.17. The molecule has 12 heteroatoms. The van der Waals surface area contributed by atoms with E-state index in [1.807, 2.05) is 39.8 Å². The van der Waals surface area contributed by atoms with E-state index < -0.39 is 16.0 Å². The SMILES string of the molecule is Cc1c(Oc2ccc(C3COS(=O)(=O)OC3)cc2)ncnc1OC1CCN(C(=O)OC(C)(C)C)CC1. The van der Waals surface area contributed by atoms with Crippen LogP contribution in [0.4, 0.5) is 4.79 Å². The number of hydrogen-bond donors (Lipinski definition) is 0. The molecule has 2 saturated heterocycles. The second kappa shape index (κ2) is 10.6. The Labute approximate surface area is 211 Å². The van der Waals surface area contributed by atoms with E-state index in [0.717, 1.165) is 5.56 Å². The summed E-state index contributed by atoms with van der Waals surface area (Å²) in [6.07, 6.45) is 2.31. The van der Waals surface area contributed by atoms with Crippen molar-refractivity contribution in [3.8, 4) is 17.5 Å². The van der Waals surface area contributed by atoms with Crippen LogP contribution in [-0.2, 0) is 23.5 Å². The number of ether oxygens (including phenoxy) is 3. The molecule has 2 aliphatic heterocycles. The molecule has 0 bridgehead atoms. The summed E-state index contributed by atoms with van der Waals surface area (Å²) in [6.45, 7) is 8.53. The van der Waals surface area contributed by atoms with Gasteiger partial charge in [0.05, 0.1) is 18.8 Å². The van der Waals surface area contributed by atoms with Crippen molar-refractivity contribution in [2.75, 3.05) is 26.3 Å². The number of amides is 1. The van der Waals surface area contributed by atoms with E-state index in [1.54, 1.807) is 17.0 Å². The van der Waals surface area contributed by atoms with Crippen LogP contribution < -0.4 is 9.47 Å². The first-order chi connectivity index (χ1) is 17.0. The average molecular weight is 522 g/mol. The Morgan fingerprint density at radius 2 is 1.64 bits per heavy atom. The maximum Gasteiger partial charge on any atom is 0.410 e. The monoisotopic (exact) mass is 521 g/mol. The van der Waals surface area contributed by atoms with Gasteiger partial charge in [0, 0.05) is 31.8 Å². The minimum atomic E-state index is -3.88. The molecule has 0 spiro atoms. The Balaban J connectivity index is 1.33. The summed E-state index contributed by atoms with van der Waals surface area (Å²) in [5, 5.41) is 0. The zero-order valence-electron chi connectivity index (χ0n) is 20.8. The fraction of sp³-hybridized carbons (Fsp3) is 0.542. The molecule has 0 N–H and O–H groups in total. The number of hydrogen-bond acceptors (Lipinski definition) is 10. The molecular formula is C24H31N3O8S. The van der Waals surface area contributed by atoms with Crippen LogP contribution in [-0.4, -0.2) is 67.4 Å². The van der Waals surface area contributed by atoms with Gasteiger partial charge in [-0.25, -0.2) is 23.1 Å². The summed E-state index contributed by atoms with van der Waals surface area (Å²) < 4.78 is 49.5. The van der Waals surface area contributed by atoms with E-state index in [0.29, 0.717) is 49.0 Å². The third-order valence-electron chi connectivity index (χ3n) is 5.76. The Kier molecular flexibility index (Phi) is 7.67. The Morgan fingerprint density at radius 3 is 2.25 bits per heavy atom. The largest absolute Gasteiger partial charge is 0.474 e. The molecular weight excluding hydrogens is 490 g/mol. The van der Waals surface area contributed by atoms with Gasteiger partial charge in [-0.3, -0.25) is 0 Å². The molecule has 2 aromatic rings. The van der Waals surface area contributed by atoms with Crippen molar-refractivity contribution in [3.63, 3.8) is 0 Å². The second-order valence-electron chi connectivity index (χ2n) is 9.74. The Morgan fingerprint density at radius 1 is 1.03 bits per heavy atom. The average Bonchev–Trinajstić information content (AvgIpc) is 2.82. The zero-order chi connectivity index (χ0) is 25.9. The molecule has 3 heterocycles. The van der Waals surface area contributed by atoms with Crippen molar-refractivity contribution in [2.24, 2.45) is 0 Å². The van der Waals surface area contributed by atoms with Crippen molar-refractivity contribution in [1.82, 2.24) is 14.9 Å². The number of aromatic nitrogens is 2. The molecule has 1 aromatic carbocycles. The summed E-state index contributed by atoms with van der Waals surface area (Å²) in [6, 6.07) is 7.20. The topological polar surface area (TPSA) is 126 Å². The smallest absolute Gasteiger partial charge is 0.410 e. The van der Waals surface area contributed by atoms with Gasteiger partial charge >= 0.3 is 16.5 Å². The third-order valence-corrected chi connectivity index (χ3v) is 6.61. The Hall–Kier alpha value is -2.96. The van der Waals surface area contributed by atoms with Crippen LogP contribution in [0.15, 0.2) is 30.6 Å². The molecule has 0 saturated carbocycles. The van der Waals surface area contributed by atoms with Gasteiger partial charge in [-0.1, -0.05) is 12.1 Å². The highest BCUT2D eigenvalue weighted by Crippen LogP contribution is 2.31. The summed E-state index contributed by atoms with van der Waals surface area (Å²) in [5.41, 5.74) is 1.01. The van der Waals surface area contributed by atoms with Crippen LogP contribution in [0.3, 0.4) is 0 Å². The number of likely N-dealkylation sites (tertiary alicyclic amines) is 1. The molecule has 0 atom stereocenters. The summed E-state index contributed by atoms with van der Waals surface area (Å²) >= 11 is 0. The predicted molar refractivity (Wildman–Crippen MR) is 128 cm³/mol. The van der Waals surface area contributed by atoms with Gasteiger partial charge in [0.1, 0.15) is 23.8 Å². The number of rotatable bonds is 5.